The van der Waals surface area contributed by atoms with Crippen molar-refractivity contribution in [3.8, 4) is 10.6 Å². The molecular weight excluding hydrogens is 367 g/mol. The van der Waals surface area contributed by atoms with Crippen LogP contribution in [0, 0.1) is 5.82 Å². The average molecular weight is 382 g/mol. The molecule has 1 fully saturated rings. The number of anilines is 1. The standard InChI is InChI=1S/C15H15FN4O3S2/c1-8(21)17-6-10-7-20(15(22)23-10)9-3-4-11(12(16)5-9)13-18-19-14(24-2)25-13/h3-5,10H,6-7H2,1-2H3,(H,17,21). The Bertz CT molecular complexity index is 814. The summed E-state index contributed by atoms with van der Waals surface area (Å²) in [4.78, 5) is 24.3. The van der Waals surface area contributed by atoms with E-state index in [9.17, 15) is 14.0 Å². The van der Waals surface area contributed by atoms with Gasteiger partial charge in [-0.15, -0.1) is 10.2 Å². The molecule has 1 aromatic carbocycles. The molecule has 2 aromatic rings. The van der Waals surface area contributed by atoms with E-state index in [-0.39, 0.29) is 19.0 Å². The maximum atomic E-state index is 14.5. The number of benzene rings is 1. The van der Waals surface area contributed by atoms with E-state index >= 15 is 0 Å². The number of carbonyl (C=O) groups is 2. The van der Waals surface area contributed by atoms with E-state index < -0.39 is 18.0 Å². The zero-order chi connectivity index (χ0) is 18.0. The number of rotatable bonds is 5. The van der Waals surface area contributed by atoms with Crippen molar-refractivity contribution < 1.29 is 18.7 Å². The molecule has 0 radical (unpaired) electrons. The molecule has 10 heteroatoms. The predicted octanol–water partition coefficient (Wildman–Crippen LogP) is 2.53. The zero-order valence-electron chi connectivity index (χ0n) is 13.5. The van der Waals surface area contributed by atoms with Crippen LogP contribution < -0.4 is 10.2 Å². The summed E-state index contributed by atoms with van der Waals surface area (Å²) in [5.41, 5.74) is 0.732. The number of nitrogens with zero attached hydrogens (tertiary/aromatic N) is 3. The van der Waals surface area contributed by atoms with E-state index in [0.717, 1.165) is 4.34 Å². The van der Waals surface area contributed by atoms with Crippen molar-refractivity contribution in [1.82, 2.24) is 15.5 Å². The molecule has 1 aliphatic heterocycles. The quantitative estimate of drug-likeness (QED) is 0.800. The van der Waals surface area contributed by atoms with Gasteiger partial charge in [0.25, 0.3) is 0 Å². The normalized spacial score (nSPS) is 16.8. The summed E-state index contributed by atoms with van der Waals surface area (Å²) in [6.45, 7) is 1.85. The Hall–Kier alpha value is -2.20. The molecule has 1 N–H and O–H groups in total. The van der Waals surface area contributed by atoms with Crippen molar-refractivity contribution in [2.75, 3.05) is 24.2 Å². The highest BCUT2D eigenvalue weighted by molar-refractivity contribution is 8.00. The molecule has 2 heterocycles. The van der Waals surface area contributed by atoms with E-state index in [4.69, 9.17) is 4.74 Å². The molecule has 25 heavy (non-hydrogen) atoms. The third-order valence-corrected chi connectivity index (χ3v) is 5.46. The lowest BCUT2D eigenvalue weighted by Crippen LogP contribution is -2.33. The van der Waals surface area contributed by atoms with Crippen LogP contribution >= 0.6 is 23.1 Å². The van der Waals surface area contributed by atoms with Gasteiger partial charge in [-0.3, -0.25) is 9.69 Å². The van der Waals surface area contributed by atoms with Gasteiger partial charge in [0.2, 0.25) is 5.91 Å². The van der Waals surface area contributed by atoms with Gasteiger partial charge in [-0.2, -0.15) is 0 Å². The van der Waals surface area contributed by atoms with Gasteiger partial charge in [0, 0.05) is 12.5 Å². The van der Waals surface area contributed by atoms with Crippen LogP contribution in [0.2, 0.25) is 0 Å². The third-order valence-electron chi connectivity index (χ3n) is 3.53. The highest BCUT2D eigenvalue weighted by atomic mass is 32.2. The molecule has 0 spiro atoms. The molecule has 1 saturated heterocycles. The van der Waals surface area contributed by atoms with Crippen LogP contribution in [0.1, 0.15) is 6.92 Å². The molecule has 2 amide bonds. The second kappa shape index (κ2) is 7.36. The van der Waals surface area contributed by atoms with Gasteiger partial charge < -0.3 is 10.1 Å². The number of cyclic esters (lactones) is 1. The fourth-order valence-corrected chi connectivity index (χ4v) is 3.64. The van der Waals surface area contributed by atoms with Crippen LogP contribution in [0.3, 0.4) is 0 Å². The van der Waals surface area contributed by atoms with Crippen molar-refractivity contribution in [3.63, 3.8) is 0 Å². The first-order chi connectivity index (χ1) is 12.0. The predicted molar refractivity (Wildman–Crippen MR) is 93.4 cm³/mol. The lowest BCUT2D eigenvalue weighted by atomic mass is 10.2. The molecule has 132 valence electrons. The van der Waals surface area contributed by atoms with Gasteiger partial charge in [-0.25, -0.2) is 9.18 Å². The first kappa shape index (κ1) is 17.6. The second-order valence-electron chi connectivity index (χ2n) is 5.29. The van der Waals surface area contributed by atoms with Gasteiger partial charge in [-0.1, -0.05) is 23.1 Å². The molecule has 0 saturated carbocycles. The zero-order valence-corrected chi connectivity index (χ0v) is 15.1. The number of carbonyl (C=O) groups excluding carboxylic acids is 2. The molecular formula is C15H15FN4O3S2. The highest BCUT2D eigenvalue weighted by Gasteiger charge is 2.32. The molecule has 1 unspecified atom stereocenters. The average Bonchev–Trinajstić information content (AvgIpc) is 3.19. The van der Waals surface area contributed by atoms with Crippen molar-refractivity contribution >= 4 is 40.8 Å². The molecule has 1 aliphatic rings. The van der Waals surface area contributed by atoms with Crippen LogP contribution in [-0.2, 0) is 9.53 Å². The number of nitrogens with one attached hydrogen (secondary N) is 1. The molecule has 0 bridgehead atoms. The first-order valence-electron chi connectivity index (χ1n) is 7.38. The molecule has 0 aliphatic carbocycles. The van der Waals surface area contributed by atoms with Crippen molar-refractivity contribution in [2.45, 2.75) is 17.4 Å². The van der Waals surface area contributed by atoms with E-state index in [1.165, 1.54) is 41.0 Å². The monoisotopic (exact) mass is 382 g/mol. The Balaban J connectivity index is 1.76. The van der Waals surface area contributed by atoms with Gasteiger partial charge in [0.15, 0.2) is 9.35 Å². The summed E-state index contributed by atoms with van der Waals surface area (Å²) in [5, 5.41) is 11.0. The van der Waals surface area contributed by atoms with Gasteiger partial charge in [-0.05, 0) is 24.5 Å². The van der Waals surface area contributed by atoms with Gasteiger partial charge in [0.05, 0.1) is 18.8 Å². The second-order valence-corrected chi connectivity index (χ2v) is 7.33. The number of thioether (sulfide) groups is 1. The maximum Gasteiger partial charge on any atom is 0.414 e. The van der Waals surface area contributed by atoms with Crippen LogP contribution in [-0.4, -0.2) is 47.6 Å². The Morgan fingerprint density at radius 2 is 2.32 bits per heavy atom. The smallest absolute Gasteiger partial charge is 0.414 e. The number of hydrogen-bond acceptors (Lipinski definition) is 7. The molecule has 1 aromatic heterocycles. The number of hydrogen-bond donors (Lipinski definition) is 1. The lowest BCUT2D eigenvalue weighted by Gasteiger charge is -2.14. The minimum Gasteiger partial charge on any atom is -0.442 e. The minimum absolute atomic E-state index is 0.202. The van der Waals surface area contributed by atoms with Crippen LogP contribution in [0.5, 0.6) is 0 Å². The van der Waals surface area contributed by atoms with Crippen molar-refractivity contribution in [2.24, 2.45) is 0 Å². The Labute approximate surface area is 151 Å². The van der Waals surface area contributed by atoms with E-state index in [2.05, 4.69) is 15.5 Å². The van der Waals surface area contributed by atoms with Crippen LogP contribution in [0.4, 0.5) is 14.9 Å². The number of ether oxygens (including phenoxy) is 1. The molecule has 1 atom stereocenters. The maximum absolute atomic E-state index is 14.5. The Morgan fingerprint density at radius 3 is 2.96 bits per heavy atom. The minimum atomic E-state index is -0.567. The summed E-state index contributed by atoms with van der Waals surface area (Å²) in [6, 6.07) is 4.49. The van der Waals surface area contributed by atoms with Crippen LogP contribution in [0.25, 0.3) is 10.6 Å². The largest absolute Gasteiger partial charge is 0.442 e. The van der Waals surface area contributed by atoms with Gasteiger partial charge >= 0.3 is 6.09 Å². The van der Waals surface area contributed by atoms with E-state index in [1.807, 2.05) is 6.26 Å². The molecule has 3 rings (SSSR count). The van der Waals surface area contributed by atoms with E-state index in [0.29, 0.717) is 16.3 Å². The summed E-state index contributed by atoms with van der Waals surface area (Å²) < 4.78 is 20.4. The first-order valence-corrected chi connectivity index (χ1v) is 9.42. The van der Waals surface area contributed by atoms with E-state index in [1.54, 1.807) is 12.1 Å². The summed E-state index contributed by atoms with van der Waals surface area (Å²) in [5.74, 6) is -0.689. The van der Waals surface area contributed by atoms with Crippen molar-refractivity contribution in [1.29, 1.82) is 0 Å². The SMILES string of the molecule is CSc1nnc(-c2ccc(N3CC(CNC(C)=O)OC3=O)cc2F)s1. The fraction of sp³-hybridized carbons (Fsp3) is 0.333. The van der Waals surface area contributed by atoms with Crippen molar-refractivity contribution in [3.05, 3.63) is 24.0 Å². The third kappa shape index (κ3) is 3.90. The number of halogens is 1. The Kier molecular flexibility index (Phi) is 5.19. The summed E-state index contributed by atoms with van der Waals surface area (Å²) >= 11 is 2.75. The Morgan fingerprint density at radius 1 is 1.52 bits per heavy atom. The molecule has 7 nitrogen and oxygen atoms in total. The highest BCUT2D eigenvalue weighted by Crippen LogP contribution is 2.32. The fourth-order valence-electron chi connectivity index (χ4n) is 2.34. The van der Waals surface area contributed by atoms with Gasteiger partial charge in [0.1, 0.15) is 11.9 Å². The number of aromatic nitrogens is 2. The lowest BCUT2D eigenvalue weighted by molar-refractivity contribution is -0.119. The summed E-state index contributed by atoms with van der Waals surface area (Å²) in [6.07, 6.45) is 0.842. The topological polar surface area (TPSA) is 84.4 Å². The van der Waals surface area contributed by atoms with Crippen LogP contribution in [0.15, 0.2) is 22.5 Å². The number of amides is 2. The summed E-state index contributed by atoms with van der Waals surface area (Å²) in [7, 11) is 0.